The lowest BCUT2D eigenvalue weighted by molar-refractivity contribution is -0.00187. The molecule has 2 aliphatic heterocycles. The number of likely N-dealkylation sites (tertiary alicyclic amines) is 1. The first-order valence-corrected chi connectivity index (χ1v) is 6.53. The topological polar surface area (TPSA) is 15.7 Å². The highest BCUT2D eigenvalue weighted by Crippen LogP contribution is 2.11. The average molecular weight is 233 g/mol. The van der Waals surface area contributed by atoms with E-state index in [1.807, 2.05) is 0 Å². The van der Waals surface area contributed by atoms with E-state index in [0.29, 0.717) is 11.9 Å². The van der Waals surface area contributed by atoms with Gasteiger partial charge in [-0.15, -0.1) is 11.6 Å². The highest BCUT2D eigenvalue weighted by molar-refractivity contribution is 6.18. The molecule has 1 unspecified atom stereocenters. The second-order valence-electron chi connectivity index (χ2n) is 4.47. The second-order valence-corrected chi connectivity index (χ2v) is 4.78. The molecule has 15 heavy (non-hydrogen) atoms. The molecule has 2 rings (SSSR count). The van der Waals surface area contributed by atoms with Crippen molar-refractivity contribution in [3.05, 3.63) is 0 Å². The van der Waals surface area contributed by atoms with Crippen molar-refractivity contribution in [1.29, 1.82) is 0 Å². The average Bonchev–Trinajstić information content (AvgIpc) is 2.79. The first kappa shape index (κ1) is 11.6. The van der Waals surface area contributed by atoms with Gasteiger partial charge >= 0.3 is 0 Å². The Morgan fingerprint density at radius 3 is 2.67 bits per heavy atom. The molecule has 1 atom stereocenters. The summed E-state index contributed by atoms with van der Waals surface area (Å²) in [5.74, 6) is 0.694. The van der Waals surface area contributed by atoms with E-state index >= 15 is 0 Å². The van der Waals surface area contributed by atoms with Gasteiger partial charge in [0.1, 0.15) is 0 Å². The number of nitrogens with zero attached hydrogens (tertiary/aromatic N) is 2. The summed E-state index contributed by atoms with van der Waals surface area (Å²) in [6.45, 7) is 7.65. The largest absolute Gasteiger partial charge is 0.378 e. The fraction of sp³-hybridized carbons (Fsp3) is 1.00. The van der Waals surface area contributed by atoms with E-state index in [4.69, 9.17) is 16.3 Å². The normalized spacial score (nSPS) is 29.8. The van der Waals surface area contributed by atoms with Crippen molar-refractivity contribution in [2.45, 2.75) is 18.9 Å². The predicted octanol–water partition coefficient (Wildman–Crippen LogP) is 1.02. The van der Waals surface area contributed by atoms with Crippen LogP contribution >= 0.6 is 11.6 Å². The van der Waals surface area contributed by atoms with Gasteiger partial charge in [0, 0.05) is 31.6 Å². The summed E-state index contributed by atoms with van der Waals surface area (Å²) in [5.41, 5.74) is 0. The summed E-state index contributed by atoms with van der Waals surface area (Å²) in [6.07, 6.45) is 2.75. The molecule has 0 amide bonds. The van der Waals surface area contributed by atoms with Crippen molar-refractivity contribution in [3.8, 4) is 0 Å². The zero-order valence-electron chi connectivity index (χ0n) is 9.33. The summed E-state index contributed by atoms with van der Waals surface area (Å²) < 4.78 is 5.44. The molecule has 0 aromatic heterocycles. The maximum atomic E-state index is 5.94. The van der Waals surface area contributed by atoms with Crippen LogP contribution in [0.3, 0.4) is 0 Å². The van der Waals surface area contributed by atoms with Crippen LogP contribution < -0.4 is 0 Å². The Balaban J connectivity index is 1.71. The number of ether oxygens (including phenoxy) is 1. The Bertz CT molecular complexity index is 185. The lowest BCUT2D eigenvalue weighted by Gasteiger charge is -2.35. The van der Waals surface area contributed by atoms with Crippen LogP contribution in [0.2, 0.25) is 0 Å². The lowest BCUT2D eigenvalue weighted by atomic mass is 10.2. The van der Waals surface area contributed by atoms with Gasteiger partial charge in [-0.25, -0.2) is 0 Å². The van der Waals surface area contributed by atoms with Crippen LogP contribution in [-0.4, -0.2) is 67.7 Å². The Hall–Kier alpha value is 0.170. The first-order valence-electron chi connectivity index (χ1n) is 6.00. The van der Waals surface area contributed by atoms with Crippen LogP contribution in [0.1, 0.15) is 12.8 Å². The van der Waals surface area contributed by atoms with Gasteiger partial charge in [-0.05, 0) is 25.9 Å². The molecular formula is C11H21ClN2O. The summed E-state index contributed by atoms with van der Waals surface area (Å²) in [5, 5.41) is 0. The summed E-state index contributed by atoms with van der Waals surface area (Å²) in [7, 11) is 0. The maximum absolute atomic E-state index is 5.94. The van der Waals surface area contributed by atoms with E-state index in [1.165, 1.54) is 32.5 Å². The fourth-order valence-corrected chi connectivity index (χ4v) is 2.69. The molecule has 2 saturated heterocycles. The molecule has 0 bridgehead atoms. The fourth-order valence-electron chi connectivity index (χ4n) is 2.40. The molecule has 0 aliphatic carbocycles. The molecule has 2 fully saturated rings. The van der Waals surface area contributed by atoms with Gasteiger partial charge < -0.3 is 9.64 Å². The van der Waals surface area contributed by atoms with Crippen LogP contribution in [0.4, 0.5) is 0 Å². The Labute approximate surface area is 97.3 Å². The van der Waals surface area contributed by atoms with Crippen molar-refractivity contribution in [1.82, 2.24) is 9.80 Å². The Kier molecular flexibility index (Phi) is 4.69. The molecule has 0 radical (unpaired) electrons. The molecule has 2 aliphatic rings. The number of morpholine rings is 1. The smallest absolute Gasteiger partial charge is 0.0634 e. The quantitative estimate of drug-likeness (QED) is 0.674. The third kappa shape index (κ3) is 3.31. The monoisotopic (exact) mass is 232 g/mol. The zero-order chi connectivity index (χ0) is 10.5. The van der Waals surface area contributed by atoms with Gasteiger partial charge in [0.2, 0.25) is 0 Å². The van der Waals surface area contributed by atoms with Gasteiger partial charge in [0.15, 0.2) is 0 Å². The van der Waals surface area contributed by atoms with Crippen molar-refractivity contribution in [2.75, 3.05) is 51.8 Å². The Morgan fingerprint density at radius 2 is 1.93 bits per heavy atom. The molecule has 3 nitrogen and oxygen atoms in total. The highest BCUT2D eigenvalue weighted by Gasteiger charge is 2.22. The maximum Gasteiger partial charge on any atom is 0.0634 e. The predicted molar refractivity (Wildman–Crippen MR) is 62.6 cm³/mol. The molecule has 0 N–H and O–H groups in total. The van der Waals surface area contributed by atoms with Crippen LogP contribution in [0.25, 0.3) is 0 Å². The minimum absolute atomic E-state index is 0.433. The number of alkyl halides is 1. The van der Waals surface area contributed by atoms with E-state index in [1.54, 1.807) is 0 Å². The lowest BCUT2D eigenvalue weighted by Crippen LogP contribution is -2.49. The molecule has 4 heteroatoms. The van der Waals surface area contributed by atoms with Gasteiger partial charge in [-0.3, -0.25) is 4.90 Å². The van der Waals surface area contributed by atoms with Gasteiger partial charge in [0.05, 0.1) is 13.2 Å². The molecule has 0 aromatic rings. The molecule has 88 valence electrons. The number of hydrogen-bond donors (Lipinski definition) is 0. The van der Waals surface area contributed by atoms with Crippen molar-refractivity contribution in [3.63, 3.8) is 0 Å². The third-order valence-electron chi connectivity index (χ3n) is 3.43. The number of hydrogen-bond acceptors (Lipinski definition) is 3. The molecule has 0 aromatic carbocycles. The highest BCUT2D eigenvalue weighted by atomic mass is 35.5. The standard InChI is InChI=1S/C11H21ClN2O/c12-9-11-10-15-8-7-14(11)6-5-13-3-1-2-4-13/h11H,1-10H2. The summed E-state index contributed by atoms with van der Waals surface area (Å²) in [6, 6.07) is 0.433. The van der Waals surface area contributed by atoms with Crippen molar-refractivity contribution < 1.29 is 4.74 Å². The van der Waals surface area contributed by atoms with Crippen LogP contribution in [0.5, 0.6) is 0 Å². The third-order valence-corrected chi connectivity index (χ3v) is 3.79. The van der Waals surface area contributed by atoms with E-state index in [-0.39, 0.29) is 0 Å². The van der Waals surface area contributed by atoms with E-state index in [0.717, 1.165) is 26.3 Å². The molecule has 2 heterocycles. The van der Waals surface area contributed by atoms with Gasteiger partial charge in [0.25, 0.3) is 0 Å². The minimum atomic E-state index is 0.433. The van der Waals surface area contributed by atoms with Gasteiger partial charge in [-0.2, -0.15) is 0 Å². The molecule has 0 spiro atoms. The summed E-state index contributed by atoms with van der Waals surface area (Å²) in [4.78, 5) is 5.04. The zero-order valence-corrected chi connectivity index (χ0v) is 10.1. The van der Waals surface area contributed by atoms with Crippen molar-refractivity contribution in [2.24, 2.45) is 0 Å². The van der Waals surface area contributed by atoms with Crippen molar-refractivity contribution >= 4 is 11.6 Å². The first-order chi connectivity index (χ1) is 7.40. The summed E-state index contributed by atoms with van der Waals surface area (Å²) >= 11 is 5.94. The van der Waals surface area contributed by atoms with Crippen LogP contribution in [0, 0.1) is 0 Å². The minimum Gasteiger partial charge on any atom is -0.378 e. The van der Waals surface area contributed by atoms with E-state index in [9.17, 15) is 0 Å². The van der Waals surface area contributed by atoms with Crippen LogP contribution in [-0.2, 0) is 4.74 Å². The molecule has 0 saturated carbocycles. The van der Waals surface area contributed by atoms with Crippen LogP contribution in [0.15, 0.2) is 0 Å². The number of rotatable bonds is 4. The van der Waals surface area contributed by atoms with Gasteiger partial charge in [-0.1, -0.05) is 0 Å². The second kappa shape index (κ2) is 6.04. The SMILES string of the molecule is ClCC1COCCN1CCN1CCCC1. The Morgan fingerprint density at radius 1 is 1.13 bits per heavy atom. The van der Waals surface area contributed by atoms with E-state index < -0.39 is 0 Å². The molecular weight excluding hydrogens is 212 g/mol. The van der Waals surface area contributed by atoms with E-state index in [2.05, 4.69) is 9.80 Å². The number of halogens is 1.